The Morgan fingerprint density at radius 2 is 2.15 bits per heavy atom. The Morgan fingerprint density at radius 3 is 3.00 bits per heavy atom. The lowest BCUT2D eigenvalue weighted by Crippen LogP contribution is -2.02. The number of benzene rings is 1. The van der Waals surface area contributed by atoms with Gasteiger partial charge in [-0.15, -0.1) is 10.2 Å². The third kappa shape index (κ3) is 2.56. The molecule has 0 aliphatic carbocycles. The van der Waals surface area contributed by atoms with E-state index in [9.17, 15) is 5.26 Å². The second-order valence-electron chi connectivity index (χ2n) is 5.07. The van der Waals surface area contributed by atoms with Crippen LogP contribution < -0.4 is 0 Å². The fraction of sp³-hybridized carbons (Fsp3) is 0.400. The maximum atomic E-state index is 9.25. The normalized spacial score (nSPS) is 14.4. The van der Waals surface area contributed by atoms with Crippen LogP contribution in [0.3, 0.4) is 0 Å². The summed E-state index contributed by atoms with van der Waals surface area (Å²) in [6.07, 6.45) is 4.63. The van der Waals surface area contributed by atoms with Gasteiger partial charge in [-0.25, -0.2) is 0 Å². The van der Waals surface area contributed by atoms with Crippen molar-refractivity contribution >= 4 is 11.8 Å². The van der Waals surface area contributed by atoms with Gasteiger partial charge in [0.05, 0.1) is 5.56 Å². The molecule has 0 fully saturated rings. The smallest absolute Gasteiger partial charge is 0.196 e. The summed E-state index contributed by atoms with van der Waals surface area (Å²) < 4.78 is 2.21. The quantitative estimate of drug-likeness (QED) is 0.848. The standard InChI is InChI=1S/C15H16N4S/c1-11-6-7-13(12(9-11)10-16)20-15-18-17-14-5-3-2-4-8-19(14)15/h6-7,9H,2-5,8H2,1H3. The van der Waals surface area contributed by atoms with Gasteiger partial charge in [0.15, 0.2) is 5.16 Å². The van der Waals surface area contributed by atoms with Gasteiger partial charge in [0, 0.05) is 17.9 Å². The number of nitrogens with zero attached hydrogens (tertiary/aromatic N) is 4. The molecule has 20 heavy (non-hydrogen) atoms. The summed E-state index contributed by atoms with van der Waals surface area (Å²) in [5.41, 5.74) is 1.81. The zero-order chi connectivity index (χ0) is 13.9. The predicted octanol–water partition coefficient (Wildman–Crippen LogP) is 3.34. The van der Waals surface area contributed by atoms with Gasteiger partial charge >= 0.3 is 0 Å². The molecule has 2 heterocycles. The first-order valence-corrected chi connectivity index (χ1v) is 7.70. The van der Waals surface area contributed by atoms with Crippen molar-refractivity contribution in [1.82, 2.24) is 14.8 Å². The van der Waals surface area contributed by atoms with E-state index in [0.717, 1.165) is 34.4 Å². The first kappa shape index (κ1) is 13.2. The van der Waals surface area contributed by atoms with Gasteiger partial charge in [0.1, 0.15) is 11.9 Å². The molecule has 1 aromatic heterocycles. The fourth-order valence-electron chi connectivity index (χ4n) is 2.45. The largest absolute Gasteiger partial charge is 0.306 e. The second kappa shape index (κ2) is 5.68. The van der Waals surface area contributed by atoms with Gasteiger partial charge in [-0.1, -0.05) is 12.5 Å². The molecule has 5 heteroatoms. The Bertz CT molecular complexity index is 669. The van der Waals surface area contributed by atoms with Crippen molar-refractivity contribution in [2.75, 3.05) is 0 Å². The fourth-order valence-corrected chi connectivity index (χ4v) is 3.39. The van der Waals surface area contributed by atoms with E-state index in [1.807, 2.05) is 25.1 Å². The second-order valence-corrected chi connectivity index (χ2v) is 6.08. The Balaban J connectivity index is 1.92. The molecule has 0 unspecified atom stereocenters. The molecule has 1 aliphatic rings. The number of aryl methyl sites for hydroxylation is 2. The van der Waals surface area contributed by atoms with Crippen LogP contribution in [0.5, 0.6) is 0 Å². The Kier molecular flexibility index (Phi) is 3.75. The maximum absolute atomic E-state index is 9.25. The van der Waals surface area contributed by atoms with Crippen LogP contribution in [0.25, 0.3) is 0 Å². The van der Waals surface area contributed by atoms with Crippen LogP contribution in [0.2, 0.25) is 0 Å². The highest BCUT2D eigenvalue weighted by Crippen LogP contribution is 2.31. The highest BCUT2D eigenvalue weighted by Gasteiger charge is 2.16. The Hall–Kier alpha value is -1.80. The Morgan fingerprint density at radius 1 is 1.25 bits per heavy atom. The minimum atomic E-state index is 0.709. The van der Waals surface area contributed by atoms with Crippen molar-refractivity contribution in [3.05, 3.63) is 35.2 Å². The summed E-state index contributed by atoms with van der Waals surface area (Å²) in [5.74, 6) is 1.08. The minimum Gasteiger partial charge on any atom is -0.306 e. The number of hydrogen-bond acceptors (Lipinski definition) is 4. The van der Waals surface area contributed by atoms with Gasteiger partial charge in [-0.05, 0) is 49.2 Å². The molecule has 1 aliphatic heterocycles. The van der Waals surface area contributed by atoms with E-state index >= 15 is 0 Å². The first-order valence-electron chi connectivity index (χ1n) is 6.88. The average Bonchev–Trinajstić information content (AvgIpc) is 2.69. The molecule has 0 N–H and O–H groups in total. The van der Waals surface area contributed by atoms with Gasteiger partial charge in [-0.2, -0.15) is 5.26 Å². The van der Waals surface area contributed by atoms with Crippen molar-refractivity contribution < 1.29 is 0 Å². The van der Waals surface area contributed by atoms with Crippen molar-refractivity contribution in [2.45, 2.75) is 49.2 Å². The highest BCUT2D eigenvalue weighted by atomic mass is 32.2. The number of hydrogen-bond donors (Lipinski definition) is 0. The van der Waals surface area contributed by atoms with Gasteiger partial charge in [-0.3, -0.25) is 0 Å². The number of fused-ring (bicyclic) bond motifs is 1. The monoisotopic (exact) mass is 284 g/mol. The molecule has 3 rings (SSSR count). The summed E-state index contributed by atoms with van der Waals surface area (Å²) in [5, 5.41) is 18.7. The zero-order valence-electron chi connectivity index (χ0n) is 11.5. The molecule has 2 aromatic rings. The van der Waals surface area contributed by atoms with Gasteiger partial charge in [0.25, 0.3) is 0 Å². The lowest BCUT2D eigenvalue weighted by atomic mass is 10.2. The average molecular weight is 284 g/mol. The van der Waals surface area contributed by atoms with Gasteiger partial charge < -0.3 is 4.57 Å². The molecule has 0 atom stereocenters. The maximum Gasteiger partial charge on any atom is 0.196 e. The minimum absolute atomic E-state index is 0.709. The third-order valence-electron chi connectivity index (χ3n) is 3.53. The van der Waals surface area contributed by atoms with E-state index in [2.05, 4.69) is 20.8 Å². The molecule has 0 saturated carbocycles. The van der Waals surface area contributed by atoms with Crippen molar-refractivity contribution in [3.63, 3.8) is 0 Å². The summed E-state index contributed by atoms with van der Waals surface area (Å²) >= 11 is 1.54. The van der Waals surface area contributed by atoms with Crippen molar-refractivity contribution in [2.24, 2.45) is 0 Å². The molecule has 4 nitrogen and oxygen atoms in total. The number of rotatable bonds is 2. The van der Waals surface area contributed by atoms with E-state index in [0.29, 0.717) is 5.56 Å². The van der Waals surface area contributed by atoms with E-state index in [4.69, 9.17) is 0 Å². The van der Waals surface area contributed by atoms with Crippen LogP contribution in [0, 0.1) is 18.3 Å². The van der Waals surface area contributed by atoms with Crippen LogP contribution in [-0.2, 0) is 13.0 Å². The molecule has 0 amide bonds. The molecule has 0 radical (unpaired) electrons. The first-order chi connectivity index (χ1) is 9.78. The summed E-state index contributed by atoms with van der Waals surface area (Å²) in [6.45, 7) is 2.98. The third-order valence-corrected chi connectivity index (χ3v) is 4.59. The topological polar surface area (TPSA) is 54.5 Å². The van der Waals surface area contributed by atoms with Crippen LogP contribution in [-0.4, -0.2) is 14.8 Å². The lowest BCUT2D eigenvalue weighted by molar-refractivity contribution is 0.591. The highest BCUT2D eigenvalue weighted by molar-refractivity contribution is 7.99. The van der Waals surface area contributed by atoms with Crippen LogP contribution in [0.15, 0.2) is 28.3 Å². The van der Waals surface area contributed by atoms with Crippen LogP contribution in [0.1, 0.15) is 36.2 Å². The van der Waals surface area contributed by atoms with Crippen LogP contribution >= 0.6 is 11.8 Å². The predicted molar refractivity (Wildman–Crippen MR) is 77.6 cm³/mol. The molecule has 0 saturated heterocycles. The van der Waals surface area contributed by atoms with Crippen molar-refractivity contribution in [3.8, 4) is 6.07 Å². The summed E-state index contributed by atoms with van der Waals surface area (Å²) in [4.78, 5) is 0.956. The van der Waals surface area contributed by atoms with E-state index in [1.54, 1.807) is 11.8 Å². The molecule has 102 valence electrons. The molecular formula is C15H16N4S. The SMILES string of the molecule is Cc1ccc(Sc2nnc3n2CCCCC3)c(C#N)c1. The molecular weight excluding hydrogens is 268 g/mol. The van der Waals surface area contributed by atoms with Crippen molar-refractivity contribution in [1.29, 1.82) is 5.26 Å². The van der Waals surface area contributed by atoms with E-state index in [1.165, 1.54) is 19.3 Å². The summed E-state index contributed by atoms with van der Waals surface area (Å²) in [6, 6.07) is 8.21. The lowest BCUT2D eigenvalue weighted by Gasteiger charge is -2.07. The zero-order valence-corrected chi connectivity index (χ0v) is 12.3. The van der Waals surface area contributed by atoms with Crippen LogP contribution in [0.4, 0.5) is 0 Å². The van der Waals surface area contributed by atoms with E-state index < -0.39 is 0 Å². The number of nitriles is 1. The number of aromatic nitrogens is 3. The summed E-state index contributed by atoms with van der Waals surface area (Å²) in [7, 11) is 0. The molecule has 0 spiro atoms. The molecule has 1 aromatic carbocycles. The Labute approximate surface area is 122 Å². The molecule has 0 bridgehead atoms. The van der Waals surface area contributed by atoms with Gasteiger partial charge in [0.2, 0.25) is 0 Å². The van der Waals surface area contributed by atoms with E-state index in [-0.39, 0.29) is 0 Å².